The highest BCUT2D eigenvalue weighted by Crippen LogP contribution is 2.13. The van der Waals surface area contributed by atoms with Crippen molar-refractivity contribution in [3.05, 3.63) is 29.6 Å². The van der Waals surface area contributed by atoms with Crippen LogP contribution in [-0.4, -0.2) is 24.2 Å². The standard InChI is InChI=1S/C11H14FNO2S/c12-10-4-3-8(16)7-9(10)11(15)13-5-1-2-6-14/h3-4,7,14,16H,1-2,5-6H2,(H,13,15). The number of unbranched alkanes of at least 4 members (excludes halogenated alkanes) is 1. The molecule has 0 spiro atoms. The number of hydrogen-bond donors (Lipinski definition) is 3. The Bertz CT molecular complexity index is 371. The molecule has 0 bridgehead atoms. The number of hydrogen-bond acceptors (Lipinski definition) is 3. The van der Waals surface area contributed by atoms with Gasteiger partial charge in [0.15, 0.2) is 0 Å². The second-order valence-electron chi connectivity index (χ2n) is 3.35. The molecule has 1 aromatic rings. The van der Waals surface area contributed by atoms with Gasteiger partial charge in [-0.1, -0.05) is 0 Å². The summed E-state index contributed by atoms with van der Waals surface area (Å²) in [5.41, 5.74) is -0.00324. The molecular weight excluding hydrogens is 229 g/mol. The molecule has 0 fully saturated rings. The van der Waals surface area contributed by atoms with Gasteiger partial charge < -0.3 is 10.4 Å². The summed E-state index contributed by atoms with van der Waals surface area (Å²) in [6.45, 7) is 0.520. The second-order valence-corrected chi connectivity index (χ2v) is 3.87. The van der Waals surface area contributed by atoms with Gasteiger partial charge >= 0.3 is 0 Å². The Kier molecular flexibility index (Phi) is 5.28. The van der Waals surface area contributed by atoms with Crippen molar-refractivity contribution in [3.63, 3.8) is 0 Å². The smallest absolute Gasteiger partial charge is 0.254 e. The van der Waals surface area contributed by atoms with E-state index in [1.165, 1.54) is 18.2 Å². The number of benzene rings is 1. The van der Waals surface area contributed by atoms with Crippen molar-refractivity contribution in [2.75, 3.05) is 13.2 Å². The van der Waals surface area contributed by atoms with Crippen LogP contribution < -0.4 is 5.32 Å². The molecule has 0 atom stereocenters. The fourth-order valence-corrected chi connectivity index (χ4v) is 1.42. The first kappa shape index (κ1) is 13.0. The minimum Gasteiger partial charge on any atom is -0.396 e. The van der Waals surface area contributed by atoms with E-state index < -0.39 is 11.7 Å². The van der Waals surface area contributed by atoms with E-state index >= 15 is 0 Å². The molecule has 1 amide bonds. The quantitative estimate of drug-likeness (QED) is 0.543. The molecule has 0 radical (unpaired) electrons. The van der Waals surface area contributed by atoms with Gasteiger partial charge in [0.05, 0.1) is 5.56 Å². The van der Waals surface area contributed by atoms with Crippen molar-refractivity contribution in [1.29, 1.82) is 0 Å². The van der Waals surface area contributed by atoms with Crippen molar-refractivity contribution in [1.82, 2.24) is 5.32 Å². The van der Waals surface area contributed by atoms with Gasteiger partial charge in [-0.3, -0.25) is 4.79 Å². The van der Waals surface area contributed by atoms with Crippen LogP contribution in [-0.2, 0) is 0 Å². The minimum absolute atomic E-state index is 0.00324. The molecule has 0 aliphatic rings. The molecule has 0 saturated heterocycles. The summed E-state index contributed by atoms with van der Waals surface area (Å²) < 4.78 is 13.3. The molecule has 1 aromatic carbocycles. The van der Waals surface area contributed by atoms with Gasteiger partial charge in [0.1, 0.15) is 5.82 Å². The number of nitrogens with one attached hydrogen (secondary N) is 1. The Morgan fingerprint density at radius 2 is 2.19 bits per heavy atom. The summed E-state index contributed by atoms with van der Waals surface area (Å²) in [6, 6.07) is 4.09. The van der Waals surface area contributed by atoms with Crippen LogP contribution in [0.15, 0.2) is 23.1 Å². The van der Waals surface area contributed by atoms with Gasteiger partial charge in [0.25, 0.3) is 5.91 Å². The van der Waals surface area contributed by atoms with Crippen molar-refractivity contribution < 1.29 is 14.3 Å². The molecule has 0 aliphatic heterocycles. The van der Waals surface area contributed by atoms with E-state index in [2.05, 4.69) is 17.9 Å². The lowest BCUT2D eigenvalue weighted by molar-refractivity contribution is 0.0948. The van der Waals surface area contributed by atoms with Crippen LogP contribution >= 0.6 is 12.6 Å². The third-order valence-corrected chi connectivity index (χ3v) is 2.34. The van der Waals surface area contributed by atoms with Crippen LogP contribution in [0.5, 0.6) is 0 Å². The summed E-state index contributed by atoms with van der Waals surface area (Å²) in [5.74, 6) is -1.01. The number of aliphatic hydroxyl groups is 1. The Morgan fingerprint density at radius 3 is 2.88 bits per heavy atom. The summed E-state index contributed by atoms with van der Waals surface area (Å²) >= 11 is 4.04. The van der Waals surface area contributed by atoms with E-state index in [9.17, 15) is 9.18 Å². The lowest BCUT2D eigenvalue weighted by atomic mass is 10.2. The average Bonchev–Trinajstić information content (AvgIpc) is 2.27. The van der Waals surface area contributed by atoms with E-state index in [0.717, 1.165) is 0 Å². The predicted molar refractivity (Wildman–Crippen MR) is 62.3 cm³/mol. The first-order valence-corrected chi connectivity index (χ1v) is 5.47. The van der Waals surface area contributed by atoms with Gasteiger partial charge in [0, 0.05) is 18.0 Å². The van der Waals surface area contributed by atoms with Gasteiger partial charge in [-0.2, -0.15) is 0 Å². The van der Waals surface area contributed by atoms with Crippen LogP contribution in [0.3, 0.4) is 0 Å². The Balaban J connectivity index is 2.55. The second kappa shape index (κ2) is 6.50. The number of thiol groups is 1. The van der Waals surface area contributed by atoms with Gasteiger partial charge in [-0.15, -0.1) is 12.6 Å². The maximum Gasteiger partial charge on any atom is 0.254 e. The predicted octanol–water partition coefficient (Wildman–Crippen LogP) is 1.62. The molecular formula is C11H14FNO2S. The zero-order valence-electron chi connectivity index (χ0n) is 8.74. The normalized spacial score (nSPS) is 10.2. The van der Waals surface area contributed by atoms with Crippen molar-refractivity contribution in [2.24, 2.45) is 0 Å². The van der Waals surface area contributed by atoms with Crippen molar-refractivity contribution in [2.45, 2.75) is 17.7 Å². The molecule has 1 rings (SSSR count). The van der Waals surface area contributed by atoms with Crippen LogP contribution in [0.1, 0.15) is 23.2 Å². The highest BCUT2D eigenvalue weighted by molar-refractivity contribution is 7.80. The number of carbonyl (C=O) groups is 1. The summed E-state index contributed by atoms with van der Waals surface area (Å²) in [6.07, 6.45) is 1.29. The topological polar surface area (TPSA) is 49.3 Å². The first-order chi connectivity index (χ1) is 7.65. The number of carbonyl (C=O) groups excluding carboxylic acids is 1. The lowest BCUT2D eigenvalue weighted by Crippen LogP contribution is -2.25. The molecule has 88 valence electrons. The maximum absolute atomic E-state index is 13.3. The van der Waals surface area contributed by atoms with Crippen LogP contribution in [0, 0.1) is 5.82 Å². The molecule has 0 unspecified atom stereocenters. The van der Waals surface area contributed by atoms with Gasteiger partial charge in [-0.05, 0) is 31.0 Å². The Hall–Kier alpha value is -1.07. The van der Waals surface area contributed by atoms with Crippen LogP contribution in [0.2, 0.25) is 0 Å². The monoisotopic (exact) mass is 243 g/mol. The SMILES string of the molecule is O=C(NCCCCO)c1cc(S)ccc1F. The molecule has 0 aromatic heterocycles. The maximum atomic E-state index is 13.3. The molecule has 5 heteroatoms. The number of amides is 1. The third-order valence-electron chi connectivity index (χ3n) is 2.07. The molecule has 2 N–H and O–H groups in total. The number of rotatable bonds is 5. The highest BCUT2D eigenvalue weighted by Gasteiger charge is 2.10. The molecule has 0 aliphatic carbocycles. The van der Waals surface area contributed by atoms with Gasteiger partial charge in [-0.25, -0.2) is 4.39 Å². The summed E-state index contributed by atoms with van der Waals surface area (Å²) in [5, 5.41) is 11.1. The number of aliphatic hydroxyl groups excluding tert-OH is 1. The Labute approximate surface area is 99.1 Å². The molecule has 16 heavy (non-hydrogen) atoms. The van der Waals surface area contributed by atoms with E-state index in [-0.39, 0.29) is 12.2 Å². The molecule has 3 nitrogen and oxygen atoms in total. The van der Waals surface area contributed by atoms with E-state index in [1.54, 1.807) is 0 Å². The van der Waals surface area contributed by atoms with E-state index in [1.807, 2.05) is 0 Å². The Morgan fingerprint density at radius 1 is 1.44 bits per heavy atom. The number of halogens is 1. The van der Waals surface area contributed by atoms with Gasteiger partial charge in [0.2, 0.25) is 0 Å². The zero-order chi connectivity index (χ0) is 12.0. The van der Waals surface area contributed by atoms with Crippen molar-refractivity contribution >= 4 is 18.5 Å². The largest absolute Gasteiger partial charge is 0.396 e. The van der Waals surface area contributed by atoms with Crippen molar-refractivity contribution in [3.8, 4) is 0 Å². The fraction of sp³-hybridized carbons (Fsp3) is 0.364. The summed E-state index contributed by atoms with van der Waals surface area (Å²) in [7, 11) is 0. The minimum atomic E-state index is -0.558. The summed E-state index contributed by atoms with van der Waals surface area (Å²) in [4.78, 5) is 12.1. The zero-order valence-corrected chi connectivity index (χ0v) is 9.64. The lowest BCUT2D eigenvalue weighted by Gasteiger charge is -2.06. The molecule has 0 heterocycles. The average molecular weight is 243 g/mol. The third kappa shape index (κ3) is 3.83. The first-order valence-electron chi connectivity index (χ1n) is 5.02. The fourth-order valence-electron chi connectivity index (χ4n) is 1.22. The molecule has 0 saturated carbocycles. The van der Waals surface area contributed by atoms with Crippen LogP contribution in [0.4, 0.5) is 4.39 Å². The van der Waals surface area contributed by atoms with E-state index in [4.69, 9.17) is 5.11 Å². The highest BCUT2D eigenvalue weighted by atomic mass is 32.1. The van der Waals surface area contributed by atoms with Crippen LogP contribution in [0.25, 0.3) is 0 Å². The van der Waals surface area contributed by atoms with E-state index in [0.29, 0.717) is 24.3 Å².